The van der Waals surface area contributed by atoms with E-state index in [9.17, 15) is 5.11 Å². The standard InChI is InChI=1S/C14H23N3O/c1-2-16-8-4-7-13(16)14-15-9-11-5-3-6-12(10-18)17(11)14/h9,12-13,18H,2-8,10H2,1H3. The van der Waals surface area contributed by atoms with Gasteiger partial charge in [-0.15, -0.1) is 0 Å². The van der Waals surface area contributed by atoms with Crippen LogP contribution >= 0.6 is 0 Å². The fourth-order valence-corrected chi connectivity index (χ4v) is 3.58. The number of aromatic nitrogens is 2. The molecular weight excluding hydrogens is 226 g/mol. The predicted octanol–water partition coefficient (Wildman–Crippen LogP) is 1.91. The molecular formula is C14H23N3O. The maximum absolute atomic E-state index is 9.58. The van der Waals surface area contributed by atoms with E-state index in [0.29, 0.717) is 6.04 Å². The second-order valence-electron chi connectivity index (χ2n) is 5.49. The van der Waals surface area contributed by atoms with Gasteiger partial charge in [0.2, 0.25) is 0 Å². The summed E-state index contributed by atoms with van der Waals surface area (Å²) >= 11 is 0. The van der Waals surface area contributed by atoms with E-state index in [0.717, 1.165) is 19.4 Å². The van der Waals surface area contributed by atoms with Gasteiger partial charge in [-0.1, -0.05) is 6.92 Å². The largest absolute Gasteiger partial charge is 0.394 e. The smallest absolute Gasteiger partial charge is 0.126 e. The molecule has 2 aliphatic heterocycles. The fourth-order valence-electron chi connectivity index (χ4n) is 3.58. The SMILES string of the molecule is CCN1CCCC1c1ncc2n1C(CO)CCC2. The summed E-state index contributed by atoms with van der Waals surface area (Å²) in [6, 6.07) is 0.724. The summed E-state index contributed by atoms with van der Waals surface area (Å²) in [6.45, 7) is 4.75. The molecule has 100 valence electrons. The highest BCUT2D eigenvalue weighted by Crippen LogP contribution is 2.35. The van der Waals surface area contributed by atoms with Crippen molar-refractivity contribution in [2.75, 3.05) is 19.7 Å². The minimum atomic E-state index is 0.245. The first kappa shape index (κ1) is 12.2. The summed E-state index contributed by atoms with van der Waals surface area (Å²) in [5.74, 6) is 1.20. The highest BCUT2D eigenvalue weighted by atomic mass is 16.3. The normalized spacial score (nSPS) is 28.6. The molecule has 1 saturated heterocycles. The molecule has 4 heteroatoms. The van der Waals surface area contributed by atoms with E-state index >= 15 is 0 Å². The van der Waals surface area contributed by atoms with Gasteiger partial charge in [0.15, 0.2) is 0 Å². The van der Waals surface area contributed by atoms with Crippen molar-refractivity contribution in [3.63, 3.8) is 0 Å². The second-order valence-corrected chi connectivity index (χ2v) is 5.49. The highest BCUT2D eigenvalue weighted by Gasteiger charge is 2.32. The van der Waals surface area contributed by atoms with Crippen LogP contribution in [0.25, 0.3) is 0 Å². The Kier molecular flexibility index (Phi) is 3.39. The van der Waals surface area contributed by atoms with Gasteiger partial charge in [0, 0.05) is 11.9 Å². The van der Waals surface area contributed by atoms with Crippen molar-refractivity contribution >= 4 is 0 Å². The molecule has 0 radical (unpaired) electrons. The summed E-state index contributed by atoms with van der Waals surface area (Å²) in [7, 11) is 0. The van der Waals surface area contributed by atoms with Crippen molar-refractivity contribution in [3.8, 4) is 0 Å². The first-order chi connectivity index (χ1) is 8.85. The zero-order chi connectivity index (χ0) is 12.5. The number of hydrogen-bond donors (Lipinski definition) is 1. The van der Waals surface area contributed by atoms with E-state index in [1.54, 1.807) is 0 Å². The topological polar surface area (TPSA) is 41.3 Å². The molecule has 1 aromatic heterocycles. The molecule has 3 rings (SSSR count). The molecule has 2 atom stereocenters. The Morgan fingerprint density at radius 2 is 2.28 bits per heavy atom. The third-order valence-corrected chi connectivity index (χ3v) is 4.52. The van der Waals surface area contributed by atoms with Crippen LogP contribution in [0.4, 0.5) is 0 Å². The lowest BCUT2D eigenvalue weighted by atomic mass is 10.0. The number of aliphatic hydroxyl groups is 1. The van der Waals surface area contributed by atoms with Gasteiger partial charge in [-0.25, -0.2) is 4.98 Å². The van der Waals surface area contributed by atoms with Gasteiger partial charge in [-0.3, -0.25) is 4.90 Å². The Morgan fingerprint density at radius 3 is 3.06 bits per heavy atom. The van der Waals surface area contributed by atoms with E-state index in [1.807, 2.05) is 6.20 Å². The summed E-state index contributed by atoms with van der Waals surface area (Å²) in [5, 5.41) is 9.58. The van der Waals surface area contributed by atoms with Crippen LogP contribution in [0, 0.1) is 0 Å². The third kappa shape index (κ3) is 1.88. The fraction of sp³-hybridized carbons (Fsp3) is 0.786. The zero-order valence-corrected chi connectivity index (χ0v) is 11.2. The highest BCUT2D eigenvalue weighted by molar-refractivity contribution is 5.14. The Bertz CT molecular complexity index is 415. The van der Waals surface area contributed by atoms with Gasteiger partial charge in [0.25, 0.3) is 0 Å². The monoisotopic (exact) mass is 249 g/mol. The lowest BCUT2D eigenvalue weighted by Crippen LogP contribution is -2.29. The quantitative estimate of drug-likeness (QED) is 0.889. The molecule has 0 spiro atoms. The molecule has 1 N–H and O–H groups in total. The van der Waals surface area contributed by atoms with Gasteiger partial charge in [-0.2, -0.15) is 0 Å². The number of fused-ring (bicyclic) bond motifs is 1. The van der Waals surface area contributed by atoms with Gasteiger partial charge in [0.1, 0.15) is 5.82 Å². The van der Waals surface area contributed by atoms with Crippen LogP contribution in [0.1, 0.15) is 56.2 Å². The minimum absolute atomic E-state index is 0.245. The van der Waals surface area contributed by atoms with Crippen molar-refractivity contribution in [3.05, 3.63) is 17.7 Å². The molecule has 0 bridgehead atoms. The Labute approximate surface area is 109 Å². The second kappa shape index (κ2) is 5.02. The molecule has 4 nitrogen and oxygen atoms in total. The molecule has 2 unspecified atom stereocenters. The van der Waals surface area contributed by atoms with Crippen LogP contribution in [0.5, 0.6) is 0 Å². The molecule has 18 heavy (non-hydrogen) atoms. The summed E-state index contributed by atoms with van der Waals surface area (Å²) in [4.78, 5) is 7.20. The molecule has 1 aromatic rings. The van der Waals surface area contributed by atoms with Crippen LogP contribution < -0.4 is 0 Å². The van der Waals surface area contributed by atoms with Crippen LogP contribution in [-0.2, 0) is 6.42 Å². The number of likely N-dealkylation sites (tertiary alicyclic amines) is 1. The molecule has 1 fully saturated rings. The van der Waals surface area contributed by atoms with Crippen LogP contribution in [0.3, 0.4) is 0 Å². The lowest BCUT2D eigenvalue weighted by molar-refractivity contribution is 0.191. The number of hydrogen-bond acceptors (Lipinski definition) is 3. The van der Waals surface area contributed by atoms with Crippen molar-refractivity contribution in [2.24, 2.45) is 0 Å². The minimum Gasteiger partial charge on any atom is -0.394 e. The van der Waals surface area contributed by atoms with Gasteiger partial charge < -0.3 is 9.67 Å². The van der Waals surface area contributed by atoms with Crippen molar-refractivity contribution < 1.29 is 5.11 Å². The van der Waals surface area contributed by atoms with E-state index < -0.39 is 0 Å². The Hall–Kier alpha value is -0.870. The Morgan fingerprint density at radius 1 is 1.39 bits per heavy atom. The van der Waals surface area contributed by atoms with Gasteiger partial charge >= 0.3 is 0 Å². The average molecular weight is 249 g/mol. The van der Waals surface area contributed by atoms with Gasteiger partial charge in [-0.05, 0) is 45.2 Å². The first-order valence-electron chi connectivity index (χ1n) is 7.26. The lowest BCUT2D eigenvalue weighted by Gasteiger charge is -2.30. The van der Waals surface area contributed by atoms with Crippen molar-refractivity contribution in [1.82, 2.24) is 14.5 Å². The van der Waals surface area contributed by atoms with Crippen molar-refractivity contribution in [2.45, 2.75) is 51.1 Å². The number of aliphatic hydroxyl groups excluding tert-OH is 1. The van der Waals surface area contributed by atoms with E-state index in [1.165, 1.54) is 37.3 Å². The molecule has 0 aliphatic carbocycles. The third-order valence-electron chi connectivity index (χ3n) is 4.52. The van der Waals surface area contributed by atoms with Crippen LogP contribution in [-0.4, -0.2) is 39.3 Å². The summed E-state index contributed by atoms with van der Waals surface area (Å²) < 4.78 is 2.34. The number of nitrogens with zero attached hydrogens (tertiary/aromatic N) is 3. The predicted molar refractivity (Wildman–Crippen MR) is 70.5 cm³/mol. The summed E-state index contributed by atoms with van der Waals surface area (Å²) in [5.41, 5.74) is 1.32. The molecule has 2 aliphatic rings. The van der Waals surface area contributed by atoms with Gasteiger partial charge in [0.05, 0.1) is 18.7 Å². The first-order valence-corrected chi connectivity index (χ1v) is 7.26. The van der Waals surface area contributed by atoms with E-state index in [-0.39, 0.29) is 12.6 Å². The summed E-state index contributed by atoms with van der Waals surface area (Å²) in [6.07, 6.45) is 7.89. The maximum atomic E-state index is 9.58. The zero-order valence-electron chi connectivity index (χ0n) is 11.2. The maximum Gasteiger partial charge on any atom is 0.126 e. The van der Waals surface area contributed by atoms with Crippen LogP contribution in [0.15, 0.2) is 6.20 Å². The van der Waals surface area contributed by atoms with Crippen molar-refractivity contribution in [1.29, 1.82) is 0 Å². The molecule has 0 aromatic carbocycles. The number of aryl methyl sites for hydroxylation is 1. The van der Waals surface area contributed by atoms with Crippen LogP contribution in [0.2, 0.25) is 0 Å². The molecule has 3 heterocycles. The Balaban J connectivity index is 1.95. The van der Waals surface area contributed by atoms with E-state index in [4.69, 9.17) is 0 Å². The molecule has 0 amide bonds. The number of rotatable bonds is 3. The molecule has 0 saturated carbocycles. The van der Waals surface area contributed by atoms with E-state index in [2.05, 4.69) is 21.4 Å². The number of imidazole rings is 1. The average Bonchev–Trinajstić information content (AvgIpc) is 3.03.